The maximum absolute atomic E-state index is 12.3. The van der Waals surface area contributed by atoms with Crippen molar-refractivity contribution in [1.29, 1.82) is 0 Å². The van der Waals surface area contributed by atoms with Crippen LogP contribution in [0.1, 0.15) is 18.4 Å². The molecular formula is C16H23N3O. The summed E-state index contributed by atoms with van der Waals surface area (Å²) in [5, 5.41) is 3.35. The van der Waals surface area contributed by atoms with Crippen molar-refractivity contribution in [1.82, 2.24) is 10.2 Å². The first-order valence-corrected chi connectivity index (χ1v) is 7.66. The number of hydrogen-bond donors (Lipinski definition) is 1. The number of benzene rings is 1. The lowest BCUT2D eigenvalue weighted by Crippen LogP contribution is -2.44. The average Bonchev–Trinajstić information content (AvgIpc) is 2.92. The molecule has 0 radical (unpaired) electrons. The fraction of sp³-hybridized carbons (Fsp3) is 0.562. The van der Waals surface area contributed by atoms with Crippen molar-refractivity contribution < 1.29 is 4.79 Å². The topological polar surface area (TPSA) is 35.6 Å². The van der Waals surface area contributed by atoms with Gasteiger partial charge in [-0.25, -0.2) is 0 Å². The van der Waals surface area contributed by atoms with Crippen molar-refractivity contribution in [3.63, 3.8) is 0 Å². The van der Waals surface area contributed by atoms with E-state index < -0.39 is 0 Å². The standard InChI is InChI=1S/C16H23N3O/c20-16(6-3-10-18-12-8-17-9-13-18)19-11-7-14-4-1-2-5-15(14)19/h1-2,4-5,17H,3,6-13H2. The van der Waals surface area contributed by atoms with Gasteiger partial charge in [-0.1, -0.05) is 18.2 Å². The molecular weight excluding hydrogens is 250 g/mol. The zero-order chi connectivity index (χ0) is 13.8. The Bertz CT molecular complexity index is 469. The van der Waals surface area contributed by atoms with E-state index in [0.717, 1.165) is 57.8 Å². The first kappa shape index (κ1) is 13.6. The van der Waals surface area contributed by atoms with Crippen molar-refractivity contribution in [2.75, 3.05) is 44.2 Å². The number of hydrogen-bond acceptors (Lipinski definition) is 3. The van der Waals surface area contributed by atoms with E-state index in [0.29, 0.717) is 6.42 Å². The van der Waals surface area contributed by atoms with Gasteiger partial charge in [-0.3, -0.25) is 4.79 Å². The molecule has 4 heteroatoms. The number of anilines is 1. The number of nitrogens with one attached hydrogen (secondary N) is 1. The minimum atomic E-state index is 0.282. The molecule has 20 heavy (non-hydrogen) atoms. The Labute approximate surface area is 120 Å². The van der Waals surface area contributed by atoms with Crippen LogP contribution in [0.2, 0.25) is 0 Å². The lowest BCUT2D eigenvalue weighted by atomic mass is 10.2. The van der Waals surface area contributed by atoms with Gasteiger partial charge in [0, 0.05) is 44.8 Å². The minimum Gasteiger partial charge on any atom is -0.314 e. The number of fused-ring (bicyclic) bond motifs is 1. The Kier molecular flexibility index (Phi) is 4.33. The number of amides is 1. The Hall–Kier alpha value is -1.39. The lowest BCUT2D eigenvalue weighted by molar-refractivity contribution is -0.118. The van der Waals surface area contributed by atoms with Crippen LogP contribution in [0.25, 0.3) is 0 Å². The van der Waals surface area contributed by atoms with Crippen molar-refractivity contribution in [3.05, 3.63) is 29.8 Å². The molecule has 1 fully saturated rings. The summed E-state index contributed by atoms with van der Waals surface area (Å²) >= 11 is 0. The normalized spacial score (nSPS) is 19.1. The van der Waals surface area contributed by atoms with Crippen LogP contribution in [0.3, 0.4) is 0 Å². The summed E-state index contributed by atoms with van der Waals surface area (Å²) in [6.07, 6.45) is 2.63. The third kappa shape index (κ3) is 3.02. The molecule has 1 aromatic carbocycles. The van der Waals surface area contributed by atoms with Gasteiger partial charge in [-0.05, 0) is 31.0 Å². The number of rotatable bonds is 4. The van der Waals surface area contributed by atoms with E-state index in [4.69, 9.17) is 0 Å². The van der Waals surface area contributed by atoms with Gasteiger partial charge in [-0.15, -0.1) is 0 Å². The first-order valence-electron chi connectivity index (χ1n) is 7.66. The molecule has 0 spiro atoms. The predicted molar refractivity (Wildman–Crippen MR) is 81.0 cm³/mol. The molecule has 1 amide bonds. The Morgan fingerprint density at radius 2 is 1.95 bits per heavy atom. The smallest absolute Gasteiger partial charge is 0.227 e. The highest BCUT2D eigenvalue weighted by molar-refractivity contribution is 5.95. The zero-order valence-electron chi connectivity index (χ0n) is 12.0. The number of para-hydroxylation sites is 1. The Morgan fingerprint density at radius 1 is 1.15 bits per heavy atom. The maximum atomic E-state index is 12.3. The van der Waals surface area contributed by atoms with Gasteiger partial charge in [0.25, 0.3) is 0 Å². The summed E-state index contributed by atoms with van der Waals surface area (Å²) in [4.78, 5) is 16.8. The number of nitrogens with zero attached hydrogens (tertiary/aromatic N) is 2. The second kappa shape index (κ2) is 6.37. The fourth-order valence-electron chi connectivity index (χ4n) is 3.12. The summed E-state index contributed by atoms with van der Waals surface area (Å²) in [6, 6.07) is 8.27. The van der Waals surface area contributed by atoms with Crippen LogP contribution < -0.4 is 10.2 Å². The minimum absolute atomic E-state index is 0.282. The van der Waals surface area contributed by atoms with Crippen LogP contribution in [0, 0.1) is 0 Å². The molecule has 1 aromatic rings. The van der Waals surface area contributed by atoms with Gasteiger partial charge < -0.3 is 15.1 Å². The lowest BCUT2D eigenvalue weighted by Gasteiger charge is -2.27. The average molecular weight is 273 g/mol. The van der Waals surface area contributed by atoms with Crippen molar-refractivity contribution in [2.24, 2.45) is 0 Å². The van der Waals surface area contributed by atoms with E-state index in [1.807, 2.05) is 11.0 Å². The Balaban J connectivity index is 1.48. The van der Waals surface area contributed by atoms with Gasteiger partial charge >= 0.3 is 0 Å². The molecule has 1 saturated heterocycles. The largest absolute Gasteiger partial charge is 0.314 e. The summed E-state index contributed by atoms with van der Waals surface area (Å²) < 4.78 is 0. The van der Waals surface area contributed by atoms with Gasteiger partial charge in [-0.2, -0.15) is 0 Å². The van der Waals surface area contributed by atoms with Crippen LogP contribution in [0.4, 0.5) is 5.69 Å². The molecule has 0 atom stereocenters. The van der Waals surface area contributed by atoms with E-state index in [1.165, 1.54) is 5.56 Å². The highest BCUT2D eigenvalue weighted by Gasteiger charge is 2.23. The van der Waals surface area contributed by atoms with Crippen LogP contribution in [-0.4, -0.2) is 50.1 Å². The van der Waals surface area contributed by atoms with Crippen LogP contribution in [0.5, 0.6) is 0 Å². The summed E-state index contributed by atoms with van der Waals surface area (Å²) in [7, 11) is 0. The van der Waals surface area contributed by atoms with Crippen LogP contribution in [0.15, 0.2) is 24.3 Å². The zero-order valence-corrected chi connectivity index (χ0v) is 12.0. The summed E-state index contributed by atoms with van der Waals surface area (Å²) in [5.41, 5.74) is 2.43. The maximum Gasteiger partial charge on any atom is 0.227 e. The molecule has 0 saturated carbocycles. The third-order valence-electron chi connectivity index (χ3n) is 4.26. The monoisotopic (exact) mass is 273 g/mol. The van der Waals surface area contributed by atoms with Crippen LogP contribution >= 0.6 is 0 Å². The van der Waals surface area contributed by atoms with Crippen LogP contribution in [-0.2, 0) is 11.2 Å². The van der Waals surface area contributed by atoms with Gasteiger partial charge in [0.05, 0.1) is 0 Å². The molecule has 2 heterocycles. The molecule has 0 aliphatic carbocycles. The van der Waals surface area contributed by atoms with Gasteiger partial charge in [0.1, 0.15) is 0 Å². The quantitative estimate of drug-likeness (QED) is 0.897. The SMILES string of the molecule is O=C(CCCN1CCNCC1)N1CCc2ccccc21. The first-order chi connectivity index (χ1) is 9.84. The Morgan fingerprint density at radius 3 is 2.80 bits per heavy atom. The molecule has 2 aliphatic heterocycles. The van der Waals surface area contributed by atoms with Gasteiger partial charge in [0.2, 0.25) is 5.91 Å². The number of carbonyl (C=O) groups excluding carboxylic acids is 1. The third-order valence-corrected chi connectivity index (χ3v) is 4.26. The van der Waals surface area contributed by atoms with Crippen molar-refractivity contribution in [2.45, 2.75) is 19.3 Å². The molecule has 2 aliphatic rings. The second-order valence-corrected chi connectivity index (χ2v) is 5.62. The van der Waals surface area contributed by atoms with E-state index in [2.05, 4.69) is 28.4 Å². The molecule has 4 nitrogen and oxygen atoms in total. The van der Waals surface area contributed by atoms with E-state index in [9.17, 15) is 4.79 Å². The molecule has 108 valence electrons. The number of carbonyl (C=O) groups is 1. The highest BCUT2D eigenvalue weighted by atomic mass is 16.2. The van der Waals surface area contributed by atoms with Crippen molar-refractivity contribution >= 4 is 11.6 Å². The number of piperazine rings is 1. The highest BCUT2D eigenvalue weighted by Crippen LogP contribution is 2.28. The van der Waals surface area contributed by atoms with E-state index >= 15 is 0 Å². The molecule has 3 rings (SSSR count). The van der Waals surface area contributed by atoms with Gasteiger partial charge in [0.15, 0.2) is 0 Å². The van der Waals surface area contributed by atoms with Crippen molar-refractivity contribution in [3.8, 4) is 0 Å². The van der Waals surface area contributed by atoms with E-state index in [-0.39, 0.29) is 5.91 Å². The molecule has 0 bridgehead atoms. The van der Waals surface area contributed by atoms with E-state index in [1.54, 1.807) is 0 Å². The molecule has 0 unspecified atom stereocenters. The summed E-state index contributed by atoms with van der Waals surface area (Å²) in [5.74, 6) is 0.282. The fourth-order valence-corrected chi connectivity index (χ4v) is 3.12. The summed E-state index contributed by atoms with van der Waals surface area (Å²) in [6.45, 7) is 6.27. The molecule has 0 aromatic heterocycles. The molecule has 1 N–H and O–H groups in total. The second-order valence-electron chi connectivity index (χ2n) is 5.62. The predicted octanol–water partition coefficient (Wildman–Crippen LogP) is 1.26.